The molecule has 0 saturated carbocycles. The summed E-state index contributed by atoms with van der Waals surface area (Å²) in [7, 11) is 0. The minimum Gasteiger partial charge on any atom is -0.329 e. The molecular weight excluding hydrogens is 181 g/mol. The molecule has 0 fully saturated rings. The Labute approximate surface area is 72.5 Å². The second kappa shape index (κ2) is 5.68. The molecule has 5 heteroatoms. The highest BCUT2D eigenvalue weighted by Gasteiger charge is 2.16. The monoisotopic (exact) mass is 193 g/mol. The molecule has 0 aliphatic heterocycles. The molecule has 0 spiro atoms. The first-order valence-electron chi connectivity index (χ1n) is 3.43. The topological polar surface area (TPSA) is 42.2 Å². The number of hydrogen-bond acceptors (Lipinski definition) is 4. The Kier molecular flexibility index (Phi) is 5.71. The van der Waals surface area contributed by atoms with Crippen LogP contribution >= 0.6 is 6.49 Å². The van der Waals surface area contributed by atoms with Gasteiger partial charge in [0.2, 0.25) is 6.49 Å². The van der Waals surface area contributed by atoms with E-state index in [-0.39, 0.29) is 6.16 Å². The summed E-state index contributed by atoms with van der Waals surface area (Å²) in [6, 6.07) is 1.97. The number of rotatable bonds is 5. The molecule has 0 rings (SSSR count). The first kappa shape index (κ1) is 11.1. The van der Waals surface area contributed by atoms with Gasteiger partial charge in [-0.1, -0.05) is 0 Å². The molecule has 0 bridgehead atoms. The van der Waals surface area contributed by atoms with Crippen LogP contribution in [0.1, 0.15) is 13.8 Å². The molecule has 3 nitrogen and oxygen atoms in total. The normalized spacial score (nSPS) is 11.0. The van der Waals surface area contributed by atoms with Crippen molar-refractivity contribution in [1.82, 2.24) is 0 Å². The molecule has 0 aliphatic carbocycles. The van der Waals surface area contributed by atoms with Crippen molar-refractivity contribution in [3.8, 4) is 6.07 Å². The van der Waals surface area contributed by atoms with Crippen LogP contribution in [0.3, 0.4) is 0 Å². The largest absolute Gasteiger partial charge is 0.329 e. The molecule has 0 amide bonds. The molecule has 0 aromatic rings. The maximum absolute atomic E-state index is 8.41. The van der Waals surface area contributed by atoms with Crippen LogP contribution < -0.4 is 0 Å². The molecule has 0 radical (unpaired) electrons. The predicted octanol–water partition coefficient (Wildman–Crippen LogP) is 1.89. The van der Waals surface area contributed by atoms with Crippen molar-refractivity contribution in [2.24, 2.45) is 0 Å². The van der Waals surface area contributed by atoms with Crippen LogP contribution in [-0.2, 0) is 20.9 Å². The molecule has 11 heavy (non-hydrogen) atoms. The van der Waals surface area contributed by atoms with Gasteiger partial charge in [-0.15, -0.1) is 0 Å². The van der Waals surface area contributed by atoms with Crippen LogP contribution in [0.25, 0.3) is 0 Å². The summed E-state index contributed by atoms with van der Waals surface area (Å²) in [5.41, 5.74) is 0. The Balaban J connectivity index is 4.04. The van der Waals surface area contributed by atoms with Gasteiger partial charge in [-0.25, -0.2) is 0 Å². The molecule has 0 aromatic heterocycles. The minimum absolute atomic E-state index is 0.198. The van der Waals surface area contributed by atoms with E-state index in [0.29, 0.717) is 13.2 Å². The van der Waals surface area contributed by atoms with Gasteiger partial charge in [-0.2, -0.15) is 5.26 Å². The highest BCUT2D eigenvalue weighted by molar-refractivity contribution is 8.10. The third-order valence-corrected chi connectivity index (χ3v) is 3.77. The molecule has 0 N–H and O–H groups in total. The Morgan fingerprint density at radius 3 is 2.09 bits per heavy atom. The van der Waals surface area contributed by atoms with Gasteiger partial charge in [0, 0.05) is 0 Å². The standard InChI is InChI=1S/C6H12NO2PS/c1-3-8-10(11,6-5-7)9-4-2/h3-4,6H2,1-2H3. The lowest BCUT2D eigenvalue weighted by Gasteiger charge is -2.17. The van der Waals surface area contributed by atoms with Crippen molar-refractivity contribution >= 4 is 18.3 Å². The average molecular weight is 193 g/mol. The third kappa shape index (κ3) is 4.49. The quantitative estimate of drug-likeness (QED) is 0.625. The molecule has 0 aliphatic rings. The van der Waals surface area contributed by atoms with E-state index < -0.39 is 6.49 Å². The summed E-state index contributed by atoms with van der Waals surface area (Å²) in [5.74, 6) is 0. The van der Waals surface area contributed by atoms with E-state index in [1.165, 1.54) is 0 Å². The van der Waals surface area contributed by atoms with E-state index in [0.717, 1.165) is 0 Å². The van der Waals surface area contributed by atoms with E-state index in [2.05, 4.69) is 0 Å². The van der Waals surface area contributed by atoms with Gasteiger partial charge < -0.3 is 9.05 Å². The first-order valence-corrected chi connectivity index (χ1v) is 6.26. The zero-order valence-electron chi connectivity index (χ0n) is 6.74. The average Bonchev–Trinajstić information content (AvgIpc) is 1.88. The highest BCUT2D eigenvalue weighted by Crippen LogP contribution is 2.47. The van der Waals surface area contributed by atoms with E-state index >= 15 is 0 Å². The third-order valence-electron chi connectivity index (χ3n) is 0.916. The Morgan fingerprint density at radius 2 is 1.82 bits per heavy atom. The lowest BCUT2D eigenvalue weighted by Crippen LogP contribution is -1.97. The summed E-state index contributed by atoms with van der Waals surface area (Å²) in [6.45, 7) is 2.47. The summed E-state index contributed by atoms with van der Waals surface area (Å²) in [6.07, 6.45) is 0.198. The highest BCUT2D eigenvalue weighted by atomic mass is 32.5. The van der Waals surface area contributed by atoms with E-state index in [9.17, 15) is 0 Å². The predicted molar refractivity (Wildman–Crippen MR) is 48.0 cm³/mol. The second-order valence-corrected chi connectivity index (χ2v) is 5.49. The Hall–Kier alpha value is 0.0600. The van der Waals surface area contributed by atoms with Crippen molar-refractivity contribution in [3.05, 3.63) is 0 Å². The molecule has 0 saturated heterocycles. The van der Waals surface area contributed by atoms with Gasteiger partial charge in [-0.3, -0.25) is 0 Å². The van der Waals surface area contributed by atoms with Crippen molar-refractivity contribution in [2.45, 2.75) is 13.8 Å². The molecular formula is C6H12NO2PS. The van der Waals surface area contributed by atoms with Gasteiger partial charge in [0.05, 0.1) is 19.3 Å². The van der Waals surface area contributed by atoms with Gasteiger partial charge in [0.1, 0.15) is 6.16 Å². The number of hydrogen-bond donors (Lipinski definition) is 0. The summed E-state index contributed by atoms with van der Waals surface area (Å²) in [5, 5.41) is 8.41. The molecule has 0 heterocycles. The van der Waals surface area contributed by atoms with Crippen LogP contribution in [0.15, 0.2) is 0 Å². The fourth-order valence-electron chi connectivity index (χ4n) is 0.609. The van der Waals surface area contributed by atoms with Crippen LogP contribution in [0.2, 0.25) is 0 Å². The lowest BCUT2D eigenvalue weighted by molar-refractivity contribution is 0.269. The van der Waals surface area contributed by atoms with Crippen LogP contribution in [0.5, 0.6) is 0 Å². The zero-order valence-corrected chi connectivity index (χ0v) is 8.45. The Bertz CT molecular complexity index is 180. The lowest BCUT2D eigenvalue weighted by atomic mass is 10.9. The summed E-state index contributed by atoms with van der Waals surface area (Å²) >= 11 is 5.04. The van der Waals surface area contributed by atoms with Gasteiger partial charge >= 0.3 is 0 Å². The molecule has 64 valence electrons. The van der Waals surface area contributed by atoms with E-state index in [1.807, 2.05) is 19.9 Å². The smallest absolute Gasteiger partial charge is 0.202 e. The van der Waals surface area contributed by atoms with Crippen LogP contribution in [-0.4, -0.2) is 19.4 Å². The SMILES string of the molecule is CCOP(=S)(CC#N)OCC. The van der Waals surface area contributed by atoms with Crippen molar-refractivity contribution in [1.29, 1.82) is 5.26 Å². The van der Waals surface area contributed by atoms with Gasteiger partial charge in [-0.05, 0) is 25.7 Å². The van der Waals surface area contributed by atoms with Crippen molar-refractivity contribution < 1.29 is 9.05 Å². The summed E-state index contributed by atoms with van der Waals surface area (Å²) in [4.78, 5) is 0. The fourth-order valence-corrected chi connectivity index (χ4v) is 2.63. The van der Waals surface area contributed by atoms with Crippen LogP contribution in [0, 0.1) is 11.3 Å². The number of nitriles is 1. The maximum atomic E-state index is 8.41. The Morgan fingerprint density at radius 1 is 1.36 bits per heavy atom. The van der Waals surface area contributed by atoms with Gasteiger partial charge in [0.15, 0.2) is 0 Å². The minimum atomic E-state index is -2.25. The van der Waals surface area contributed by atoms with E-state index in [1.54, 1.807) is 0 Å². The number of nitrogens with zero attached hydrogens (tertiary/aromatic N) is 1. The molecule has 0 aromatic carbocycles. The first-order chi connectivity index (χ1) is 5.18. The van der Waals surface area contributed by atoms with Crippen LogP contribution in [0.4, 0.5) is 0 Å². The maximum Gasteiger partial charge on any atom is 0.202 e. The fraction of sp³-hybridized carbons (Fsp3) is 0.833. The summed E-state index contributed by atoms with van der Waals surface area (Å²) < 4.78 is 10.4. The van der Waals surface area contributed by atoms with Crippen molar-refractivity contribution in [3.63, 3.8) is 0 Å². The molecule has 0 atom stereocenters. The second-order valence-electron chi connectivity index (χ2n) is 1.76. The van der Waals surface area contributed by atoms with Gasteiger partial charge in [0.25, 0.3) is 0 Å². The zero-order chi connectivity index (χ0) is 8.74. The molecule has 0 unspecified atom stereocenters. The van der Waals surface area contributed by atoms with E-state index in [4.69, 9.17) is 26.1 Å². The van der Waals surface area contributed by atoms with Crippen molar-refractivity contribution in [2.75, 3.05) is 19.4 Å².